The molecule has 0 N–H and O–H groups in total. The van der Waals surface area contributed by atoms with E-state index in [-0.39, 0.29) is 30.4 Å². The highest BCUT2D eigenvalue weighted by Gasteiger charge is 2.23. The molecule has 10 heteroatoms. The molecule has 2 heterocycles. The van der Waals surface area contributed by atoms with Gasteiger partial charge in [-0.3, -0.25) is 19.3 Å². The number of halogens is 2. The lowest BCUT2D eigenvalue weighted by molar-refractivity contribution is -0.134. The molecule has 0 unspecified atom stereocenters. The molecule has 0 amide bonds. The van der Waals surface area contributed by atoms with Gasteiger partial charge in [0, 0.05) is 44.4 Å². The molecule has 0 aliphatic carbocycles. The smallest absolute Gasteiger partial charge is 0.312 e. The second-order valence-corrected chi connectivity index (χ2v) is 12.2. The van der Waals surface area contributed by atoms with E-state index in [1.807, 2.05) is 24.3 Å². The Morgan fingerprint density at radius 2 is 1.36 bits per heavy atom. The summed E-state index contributed by atoms with van der Waals surface area (Å²) >= 11 is 12.7. The van der Waals surface area contributed by atoms with Gasteiger partial charge in [-0.15, -0.1) is 34.5 Å². The van der Waals surface area contributed by atoms with Crippen molar-refractivity contribution in [1.82, 2.24) is 4.90 Å². The van der Waals surface area contributed by atoms with Crippen molar-refractivity contribution >= 4 is 62.3 Å². The maximum Gasteiger partial charge on any atom is 0.312 e. The Hall–Kier alpha value is -3.43. The van der Waals surface area contributed by atoms with E-state index in [1.165, 1.54) is 30.6 Å². The lowest BCUT2D eigenvalue weighted by Crippen LogP contribution is -2.33. The fraction of sp³-hybridized carbons (Fsp3) is 0.324. The first-order valence-electron chi connectivity index (χ1n) is 14.7. The van der Waals surface area contributed by atoms with Crippen LogP contribution in [0.1, 0.15) is 48.0 Å². The number of carbonyl (C=O) groups is 3. The topological polar surface area (TPSA) is 82.1 Å². The molecule has 1 aromatic heterocycles. The van der Waals surface area contributed by atoms with E-state index in [9.17, 15) is 14.4 Å². The molecule has 3 aromatic carbocycles. The van der Waals surface area contributed by atoms with E-state index < -0.39 is 11.9 Å². The summed E-state index contributed by atoms with van der Waals surface area (Å²) in [5, 5.41) is 0.742. The number of ketones is 1. The van der Waals surface area contributed by atoms with Gasteiger partial charge in [0.2, 0.25) is 0 Å². The first-order chi connectivity index (χ1) is 21.4. The average Bonchev–Trinajstić information content (AvgIpc) is 3.41. The van der Waals surface area contributed by atoms with Crippen molar-refractivity contribution in [1.29, 1.82) is 0 Å². The fourth-order valence-corrected chi connectivity index (χ4v) is 6.63. The molecule has 0 spiro atoms. The number of nitrogens with zero attached hydrogens (tertiary/aromatic N) is 1. The van der Waals surface area contributed by atoms with Gasteiger partial charge in [-0.1, -0.05) is 6.42 Å². The normalized spacial score (nSPS) is 13.5. The molecule has 1 saturated heterocycles. The number of alkyl halides is 2. The third-order valence-electron chi connectivity index (χ3n) is 7.31. The first kappa shape index (κ1) is 32.0. The zero-order chi connectivity index (χ0) is 30.9. The van der Waals surface area contributed by atoms with Gasteiger partial charge in [0.25, 0.3) is 0 Å². The third kappa shape index (κ3) is 8.18. The summed E-state index contributed by atoms with van der Waals surface area (Å²) in [6, 6.07) is 19.5. The van der Waals surface area contributed by atoms with E-state index in [0.29, 0.717) is 29.2 Å². The standard InChI is InChI=1S/C34H33Cl2NO6S/c35-16-14-30(38)42-26-10-6-24(7-11-26)34-32(28-13-12-27(22-29(28)44-34)43-31(39)15-17-36)33(40)23-4-8-25(9-5-23)41-21-20-37-18-2-1-3-19-37/h4-13,22H,1-3,14-21H2. The number of hydrogen-bond acceptors (Lipinski definition) is 8. The summed E-state index contributed by atoms with van der Waals surface area (Å²) < 4.78 is 17.5. The van der Waals surface area contributed by atoms with Crippen LogP contribution in [-0.2, 0) is 9.59 Å². The van der Waals surface area contributed by atoms with Gasteiger partial charge in [-0.05, 0) is 98.2 Å². The van der Waals surface area contributed by atoms with E-state index in [1.54, 1.807) is 42.5 Å². The van der Waals surface area contributed by atoms with Crippen molar-refractivity contribution < 1.29 is 28.6 Å². The molecule has 0 atom stereocenters. The lowest BCUT2D eigenvalue weighted by atomic mass is 9.97. The fourth-order valence-electron chi connectivity index (χ4n) is 5.09. The van der Waals surface area contributed by atoms with E-state index >= 15 is 0 Å². The predicted molar refractivity (Wildman–Crippen MR) is 175 cm³/mol. The third-order valence-corrected chi connectivity index (χ3v) is 8.89. The largest absolute Gasteiger partial charge is 0.492 e. The summed E-state index contributed by atoms with van der Waals surface area (Å²) in [7, 11) is 0. The van der Waals surface area contributed by atoms with Crippen LogP contribution in [0.4, 0.5) is 0 Å². The van der Waals surface area contributed by atoms with Crippen LogP contribution in [0.3, 0.4) is 0 Å². The molecule has 1 aliphatic heterocycles. The van der Waals surface area contributed by atoms with Crippen LogP contribution in [0.15, 0.2) is 66.7 Å². The lowest BCUT2D eigenvalue weighted by Gasteiger charge is -2.26. The molecule has 5 rings (SSSR count). The molecule has 4 aromatic rings. The van der Waals surface area contributed by atoms with Gasteiger partial charge in [0.1, 0.15) is 23.9 Å². The Labute approximate surface area is 270 Å². The van der Waals surface area contributed by atoms with Crippen LogP contribution < -0.4 is 14.2 Å². The number of carbonyl (C=O) groups excluding carboxylic acids is 3. The van der Waals surface area contributed by atoms with Crippen molar-refractivity contribution in [2.45, 2.75) is 32.1 Å². The highest BCUT2D eigenvalue weighted by Crippen LogP contribution is 2.42. The maximum atomic E-state index is 14.1. The van der Waals surface area contributed by atoms with Gasteiger partial charge in [0.15, 0.2) is 5.78 Å². The Morgan fingerprint density at radius 3 is 2.02 bits per heavy atom. The van der Waals surface area contributed by atoms with Crippen molar-refractivity contribution in [3.8, 4) is 27.7 Å². The van der Waals surface area contributed by atoms with Crippen LogP contribution in [0.25, 0.3) is 20.5 Å². The van der Waals surface area contributed by atoms with Crippen LogP contribution in [0, 0.1) is 0 Å². The second-order valence-electron chi connectivity index (χ2n) is 10.4. The maximum absolute atomic E-state index is 14.1. The second kappa shape index (κ2) is 15.5. The molecule has 44 heavy (non-hydrogen) atoms. The van der Waals surface area contributed by atoms with Gasteiger partial charge < -0.3 is 14.2 Å². The first-order valence-corrected chi connectivity index (χ1v) is 16.5. The van der Waals surface area contributed by atoms with Crippen LogP contribution in [0.5, 0.6) is 17.2 Å². The molecule has 230 valence electrons. The summed E-state index contributed by atoms with van der Waals surface area (Å²) in [4.78, 5) is 41.2. The predicted octanol–water partition coefficient (Wildman–Crippen LogP) is 7.73. The quantitative estimate of drug-likeness (QED) is 0.0632. The minimum absolute atomic E-state index is 0.0960. The van der Waals surface area contributed by atoms with E-state index in [2.05, 4.69) is 4.90 Å². The van der Waals surface area contributed by atoms with Crippen molar-refractivity contribution in [3.05, 3.63) is 77.9 Å². The molecule has 7 nitrogen and oxygen atoms in total. The molecular formula is C34H33Cl2NO6S. The van der Waals surface area contributed by atoms with E-state index in [0.717, 1.165) is 45.9 Å². The zero-order valence-corrected chi connectivity index (χ0v) is 26.5. The number of hydrogen-bond donors (Lipinski definition) is 0. The molecule has 1 aliphatic rings. The molecular weight excluding hydrogens is 621 g/mol. The average molecular weight is 655 g/mol. The van der Waals surface area contributed by atoms with Gasteiger partial charge in [0.05, 0.1) is 12.8 Å². The van der Waals surface area contributed by atoms with Gasteiger partial charge in [-0.25, -0.2) is 0 Å². The summed E-state index contributed by atoms with van der Waals surface area (Å²) in [5.41, 5.74) is 1.85. The van der Waals surface area contributed by atoms with Gasteiger partial charge in [-0.2, -0.15) is 0 Å². The van der Waals surface area contributed by atoms with Crippen LogP contribution in [-0.4, -0.2) is 60.6 Å². The Balaban J connectivity index is 1.41. The summed E-state index contributed by atoms with van der Waals surface area (Å²) in [6.07, 6.45) is 3.98. The Bertz CT molecular complexity index is 1600. The highest BCUT2D eigenvalue weighted by atomic mass is 35.5. The summed E-state index contributed by atoms with van der Waals surface area (Å²) in [5.74, 6) is 0.855. The SMILES string of the molecule is O=C(CCCl)Oc1ccc(-c2sc3cc(OC(=O)CCCl)ccc3c2C(=O)c2ccc(OCCN3CCCCC3)cc2)cc1. The van der Waals surface area contributed by atoms with Crippen molar-refractivity contribution in [3.63, 3.8) is 0 Å². The van der Waals surface area contributed by atoms with Crippen molar-refractivity contribution in [2.75, 3.05) is 38.0 Å². The number of likely N-dealkylation sites (tertiary alicyclic amines) is 1. The highest BCUT2D eigenvalue weighted by molar-refractivity contribution is 7.22. The number of esters is 2. The van der Waals surface area contributed by atoms with Crippen LogP contribution in [0.2, 0.25) is 0 Å². The molecule has 0 saturated carbocycles. The van der Waals surface area contributed by atoms with Gasteiger partial charge >= 0.3 is 11.9 Å². The Morgan fingerprint density at radius 1 is 0.750 bits per heavy atom. The van der Waals surface area contributed by atoms with Crippen LogP contribution >= 0.6 is 34.5 Å². The van der Waals surface area contributed by atoms with E-state index in [4.69, 9.17) is 37.4 Å². The number of rotatable bonds is 13. The monoisotopic (exact) mass is 653 g/mol. The number of benzene rings is 3. The van der Waals surface area contributed by atoms with Crippen molar-refractivity contribution in [2.24, 2.45) is 0 Å². The minimum atomic E-state index is -0.426. The minimum Gasteiger partial charge on any atom is -0.492 e. The number of fused-ring (bicyclic) bond motifs is 1. The Kier molecular flexibility index (Phi) is 11.3. The summed E-state index contributed by atoms with van der Waals surface area (Å²) in [6.45, 7) is 3.72. The zero-order valence-electron chi connectivity index (χ0n) is 24.2. The molecule has 1 fully saturated rings. The molecule has 0 bridgehead atoms. The number of thiophene rings is 1. The number of ether oxygens (including phenoxy) is 3. The molecule has 0 radical (unpaired) electrons. The number of piperidine rings is 1.